The van der Waals surface area contributed by atoms with Crippen LogP contribution in [0, 0.1) is 19.3 Å². The van der Waals surface area contributed by atoms with Crippen molar-refractivity contribution in [1.29, 1.82) is 0 Å². The number of furan rings is 1. The van der Waals surface area contributed by atoms with Gasteiger partial charge in [0.15, 0.2) is 5.76 Å². The molecule has 0 saturated carbocycles. The first kappa shape index (κ1) is 18.7. The molecule has 0 unspecified atom stereocenters. The van der Waals surface area contributed by atoms with Crippen molar-refractivity contribution in [3.63, 3.8) is 0 Å². The molecule has 1 heterocycles. The first-order chi connectivity index (χ1) is 12.7. The molecule has 1 aromatic carbocycles. The topological polar surface area (TPSA) is 119 Å². The minimum absolute atomic E-state index is 0.0697. The van der Waals surface area contributed by atoms with Gasteiger partial charge in [-0.3, -0.25) is 4.79 Å². The standard InChI is InChI=1S/C20H25N5O2/c1-11-5-7-13(8-6-11)23-18(26)17-12(2)16-14(24-25-19(21)22)9-20(3,4)10-15(16)27-17/h5-8H,9-10H2,1-4H3,(H,23,26)(H4,21,22,25)/b24-14-. The van der Waals surface area contributed by atoms with Gasteiger partial charge in [-0.15, -0.1) is 5.10 Å². The number of nitrogens with one attached hydrogen (secondary N) is 1. The van der Waals surface area contributed by atoms with Gasteiger partial charge in [-0.2, -0.15) is 5.10 Å². The molecule has 0 saturated heterocycles. The molecule has 0 atom stereocenters. The maximum Gasteiger partial charge on any atom is 0.291 e. The van der Waals surface area contributed by atoms with Crippen LogP contribution in [-0.4, -0.2) is 17.6 Å². The molecule has 2 aromatic rings. The quantitative estimate of drug-likeness (QED) is 0.439. The summed E-state index contributed by atoms with van der Waals surface area (Å²) < 4.78 is 5.96. The Morgan fingerprint density at radius 2 is 1.81 bits per heavy atom. The lowest BCUT2D eigenvalue weighted by atomic mass is 9.75. The largest absolute Gasteiger partial charge is 0.455 e. The molecule has 142 valence electrons. The molecule has 7 heteroatoms. The normalized spacial score (nSPS) is 16.7. The molecule has 7 nitrogen and oxygen atoms in total. The summed E-state index contributed by atoms with van der Waals surface area (Å²) in [5.74, 6) is 0.633. The van der Waals surface area contributed by atoms with Crippen LogP contribution < -0.4 is 16.8 Å². The van der Waals surface area contributed by atoms with Crippen LogP contribution in [0.5, 0.6) is 0 Å². The van der Waals surface area contributed by atoms with E-state index >= 15 is 0 Å². The van der Waals surface area contributed by atoms with E-state index in [9.17, 15) is 4.79 Å². The van der Waals surface area contributed by atoms with E-state index in [0.717, 1.165) is 28.2 Å². The Morgan fingerprint density at radius 3 is 2.44 bits per heavy atom. The third kappa shape index (κ3) is 4.02. The molecule has 5 N–H and O–H groups in total. The van der Waals surface area contributed by atoms with Crippen molar-refractivity contribution in [2.24, 2.45) is 27.1 Å². The fraction of sp³-hybridized carbons (Fsp3) is 0.350. The van der Waals surface area contributed by atoms with Crippen LogP contribution >= 0.6 is 0 Å². The van der Waals surface area contributed by atoms with Gasteiger partial charge in [0.25, 0.3) is 5.91 Å². The number of benzene rings is 1. The van der Waals surface area contributed by atoms with Gasteiger partial charge < -0.3 is 21.2 Å². The van der Waals surface area contributed by atoms with Gasteiger partial charge in [0.05, 0.1) is 5.71 Å². The number of rotatable bonds is 3. The Hall–Kier alpha value is -3.09. The lowest BCUT2D eigenvalue weighted by Gasteiger charge is -2.29. The minimum Gasteiger partial charge on any atom is -0.455 e. The average molecular weight is 367 g/mol. The number of carbonyl (C=O) groups is 1. The predicted molar refractivity (Wildman–Crippen MR) is 107 cm³/mol. The van der Waals surface area contributed by atoms with E-state index in [1.807, 2.05) is 38.1 Å². The SMILES string of the molecule is Cc1ccc(NC(=O)c2oc3c(c2C)/C(=N\N=C(N)N)CC(C)(C)C3)cc1. The Labute approximate surface area is 158 Å². The first-order valence-electron chi connectivity index (χ1n) is 8.82. The van der Waals surface area contributed by atoms with Crippen molar-refractivity contribution >= 4 is 23.3 Å². The van der Waals surface area contributed by atoms with Gasteiger partial charge >= 0.3 is 0 Å². The van der Waals surface area contributed by atoms with Crippen LogP contribution in [-0.2, 0) is 6.42 Å². The van der Waals surface area contributed by atoms with Crippen molar-refractivity contribution in [3.8, 4) is 0 Å². The monoisotopic (exact) mass is 367 g/mol. The van der Waals surface area contributed by atoms with Gasteiger partial charge in [0.2, 0.25) is 5.96 Å². The van der Waals surface area contributed by atoms with Gasteiger partial charge in [-0.05, 0) is 37.8 Å². The highest BCUT2D eigenvalue weighted by Gasteiger charge is 2.36. The van der Waals surface area contributed by atoms with E-state index in [-0.39, 0.29) is 23.0 Å². The fourth-order valence-electron chi connectivity index (χ4n) is 3.36. The number of hydrogen-bond acceptors (Lipinski definition) is 4. The number of hydrogen-bond donors (Lipinski definition) is 3. The number of nitrogens with two attached hydrogens (primary N) is 2. The second kappa shape index (κ2) is 6.90. The molecule has 1 amide bonds. The summed E-state index contributed by atoms with van der Waals surface area (Å²) in [5.41, 5.74) is 14.9. The third-order valence-corrected chi connectivity index (χ3v) is 4.60. The van der Waals surface area contributed by atoms with E-state index < -0.39 is 0 Å². The lowest BCUT2D eigenvalue weighted by molar-refractivity contribution is 0.0993. The van der Waals surface area contributed by atoms with E-state index in [2.05, 4.69) is 29.4 Å². The highest BCUT2D eigenvalue weighted by Crippen LogP contribution is 2.39. The van der Waals surface area contributed by atoms with Crippen molar-refractivity contribution in [2.45, 2.75) is 40.5 Å². The smallest absolute Gasteiger partial charge is 0.291 e. The zero-order valence-electron chi connectivity index (χ0n) is 16.1. The van der Waals surface area contributed by atoms with Gasteiger partial charge in [0.1, 0.15) is 5.76 Å². The molecule has 1 aliphatic rings. The molecule has 1 aromatic heterocycles. The van der Waals surface area contributed by atoms with Crippen LogP contribution in [0.25, 0.3) is 0 Å². The predicted octanol–water partition coefficient (Wildman–Crippen LogP) is 3.10. The van der Waals surface area contributed by atoms with E-state index in [0.29, 0.717) is 18.5 Å². The molecule has 0 spiro atoms. The molecule has 1 aliphatic carbocycles. The molecule has 0 radical (unpaired) electrons. The zero-order chi connectivity index (χ0) is 19.8. The molecule has 27 heavy (non-hydrogen) atoms. The Morgan fingerprint density at radius 1 is 1.15 bits per heavy atom. The highest BCUT2D eigenvalue weighted by atomic mass is 16.4. The fourth-order valence-corrected chi connectivity index (χ4v) is 3.36. The zero-order valence-corrected chi connectivity index (χ0v) is 16.1. The number of anilines is 1. The number of nitrogens with zero attached hydrogens (tertiary/aromatic N) is 2. The molecule has 0 fully saturated rings. The summed E-state index contributed by atoms with van der Waals surface area (Å²) in [7, 11) is 0. The maximum atomic E-state index is 12.8. The summed E-state index contributed by atoms with van der Waals surface area (Å²) in [6.45, 7) is 8.08. The van der Waals surface area contributed by atoms with Crippen molar-refractivity contribution in [2.75, 3.05) is 5.32 Å². The highest BCUT2D eigenvalue weighted by molar-refractivity contribution is 6.09. The second-order valence-electron chi connectivity index (χ2n) is 7.76. The average Bonchev–Trinajstić information content (AvgIpc) is 2.90. The molecular formula is C20H25N5O2. The van der Waals surface area contributed by atoms with E-state index in [1.54, 1.807) is 0 Å². The number of aryl methyl sites for hydroxylation is 1. The van der Waals surface area contributed by atoms with Crippen LogP contribution in [0.15, 0.2) is 38.9 Å². The summed E-state index contributed by atoms with van der Waals surface area (Å²) in [5, 5.41) is 10.9. The van der Waals surface area contributed by atoms with E-state index in [1.165, 1.54) is 0 Å². The second-order valence-corrected chi connectivity index (χ2v) is 7.76. The Bertz CT molecular complexity index is 932. The number of guanidine groups is 1. The number of fused-ring (bicyclic) bond motifs is 1. The van der Waals surface area contributed by atoms with Crippen LogP contribution in [0.3, 0.4) is 0 Å². The minimum atomic E-state index is -0.287. The van der Waals surface area contributed by atoms with E-state index in [4.69, 9.17) is 15.9 Å². The Kier molecular flexibility index (Phi) is 4.78. The summed E-state index contributed by atoms with van der Waals surface area (Å²) in [6, 6.07) is 7.61. The summed E-state index contributed by atoms with van der Waals surface area (Å²) in [4.78, 5) is 12.8. The van der Waals surface area contributed by atoms with Crippen molar-refractivity contribution in [1.82, 2.24) is 0 Å². The molecule has 0 bridgehead atoms. The van der Waals surface area contributed by atoms with Crippen molar-refractivity contribution in [3.05, 3.63) is 52.5 Å². The van der Waals surface area contributed by atoms with Crippen LogP contribution in [0.2, 0.25) is 0 Å². The summed E-state index contributed by atoms with van der Waals surface area (Å²) in [6.07, 6.45) is 1.40. The summed E-state index contributed by atoms with van der Waals surface area (Å²) >= 11 is 0. The Balaban J connectivity index is 1.98. The number of carbonyl (C=O) groups excluding carboxylic acids is 1. The third-order valence-electron chi connectivity index (χ3n) is 4.60. The number of amides is 1. The van der Waals surface area contributed by atoms with Gasteiger partial charge in [0, 0.05) is 23.2 Å². The molecular weight excluding hydrogens is 342 g/mol. The molecule has 3 rings (SSSR count). The van der Waals surface area contributed by atoms with Crippen LogP contribution in [0.1, 0.15) is 53.3 Å². The lowest BCUT2D eigenvalue weighted by Crippen LogP contribution is -2.27. The molecule has 0 aliphatic heterocycles. The van der Waals surface area contributed by atoms with Gasteiger partial charge in [-0.25, -0.2) is 0 Å². The van der Waals surface area contributed by atoms with Gasteiger partial charge in [-0.1, -0.05) is 31.5 Å². The van der Waals surface area contributed by atoms with Crippen LogP contribution in [0.4, 0.5) is 5.69 Å². The first-order valence-corrected chi connectivity index (χ1v) is 8.82. The maximum absolute atomic E-state index is 12.8. The van der Waals surface area contributed by atoms with Crippen molar-refractivity contribution < 1.29 is 9.21 Å².